The van der Waals surface area contributed by atoms with Crippen molar-refractivity contribution in [2.45, 2.75) is 24.4 Å². The summed E-state index contributed by atoms with van der Waals surface area (Å²) in [6.45, 7) is 2.06. The molecule has 36 heavy (non-hydrogen) atoms. The Morgan fingerprint density at radius 3 is 2.72 bits per heavy atom. The van der Waals surface area contributed by atoms with Crippen LogP contribution in [0, 0.1) is 6.92 Å². The number of aromatic nitrogens is 5. The van der Waals surface area contributed by atoms with Crippen LogP contribution in [0.3, 0.4) is 0 Å². The summed E-state index contributed by atoms with van der Waals surface area (Å²) in [5.74, 6) is 0.708. The summed E-state index contributed by atoms with van der Waals surface area (Å²) in [4.78, 5) is 18.9. The second kappa shape index (κ2) is 9.63. The number of hydrogen-bond acceptors (Lipinski definition) is 8. The van der Waals surface area contributed by atoms with Crippen LogP contribution in [0.5, 0.6) is 0 Å². The second-order valence-corrected chi connectivity index (χ2v) is 10.3. The Morgan fingerprint density at radius 1 is 1.06 bits per heavy atom. The van der Waals surface area contributed by atoms with Gasteiger partial charge >= 0.3 is 0 Å². The van der Waals surface area contributed by atoms with E-state index < -0.39 is 0 Å². The molecule has 0 saturated carbocycles. The van der Waals surface area contributed by atoms with Crippen LogP contribution in [-0.2, 0) is 4.79 Å². The van der Waals surface area contributed by atoms with Crippen LogP contribution in [-0.4, -0.2) is 47.2 Å². The van der Waals surface area contributed by atoms with Crippen LogP contribution in [0.1, 0.15) is 28.5 Å². The number of pyridine rings is 1. The summed E-state index contributed by atoms with van der Waals surface area (Å²) in [6, 6.07) is 21.6. The molecule has 0 radical (unpaired) electrons. The van der Waals surface area contributed by atoms with Crippen molar-refractivity contribution in [2.24, 2.45) is 5.10 Å². The van der Waals surface area contributed by atoms with Gasteiger partial charge in [0.05, 0.1) is 22.4 Å². The number of carbonyl (C=O) groups is 1. The summed E-state index contributed by atoms with van der Waals surface area (Å²) in [5, 5.41) is 22.2. The zero-order chi connectivity index (χ0) is 24.5. The highest BCUT2D eigenvalue weighted by molar-refractivity contribution is 7.99. The van der Waals surface area contributed by atoms with Gasteiger partial charge in [0.1, 0.15) is 10.7 Å². The molecule has 0 saturated heterocycles. The summed E-state index contributed by atoms with van der Waals surface area (Å²) in [6.07, 6.45) is 2.40. The van der Waals surface area contributed by atoms with Gasteiger partial charge in [0.25, 0.3) is 5.91 Å². The predicted molar refractivity (Wildman–Crippen MR) is 141 cm³/mol. The fourth-order valence-electron chi connectivity index (χ4n) is 4.09. The lowest BCUT2D eigenvalue weighted by molar-refractivity contribution is -0.130. The van der Waals surface area contributed by atoms with E-state index in [-0.39, 0.29) is 17.7 Å². The molecule has 1 amide bonds. The van der Waals surface area contributed by atoms with Gasteiger partial charge < -0.3 is 0 Å². The van der Waals surface area contributed by atoms with Gasteiger partial charge in [0.15, 0.2) is 5.65 Å². The maximum atomic E-state index is 13.4. The topological polar surface area (TPSA) is 88.6 Å². The first-order valence-electron chi connectivity index (χ1n) is 11.4. The molecule has 1 aliphatic rings. The van der Waals surface area contributed by atoms with Crippen LogP contribution in [0.4, 0.5) is 0 Å². The highest BCUT2D eigenvalue weighted by atomic mass is 32.2. The van der Waals surface area contributed by atoms with Crippen LogP contribution in [0.25, 0.3) is 17.2 Å². The Labute approximate surface area is 215 Å². The molecule has 10 heteroatoms. The van der Waals surface area contributed by atoms with Gasteiger partial charge in [0.2, 0.25) is 5.82 Å². The monoisotopic (exact) mass is 511 g/mol. The van der Waals surface area contributed by atoms with E-state index in [1.165, 1.54) is 17.3 Å². The molecule has 1 unspecified atom stereocenters. The maximum absolute atomic E-state index is 13.4. The van der Waals surface area contributed by atoms with Gasteiger partial charge in [-0.15, -0.1) is 21.5 Å². The van der Waals surface area contributed by atoms with Crippen molar-refractivity contribution < 1.29 is 4.79 Å². The van der Waals surface area contributed by atoms with Crippen molar-refractivity contribution in [3.63, 3.8) is 0 Å². The van der Waals surface area contributed by atoms with Gasteiger partial charge in [-0.05, 0) is 48.2 Å². The summed E-state index contributed by atoms with van der Waals surface area (Å²) in [7, 11) is 0. The van der Waals surface area contributed by atoms with Crippen molar-refractivity contribution in [2.75, 3.05) is 5.75 Å². The number of thioether (sulfide) groups is 1. The van der Waals surface area contributed by atoms with Crippen LogP contribution in [0.15, 0.2) is 88.4 Å². The van der Waals surface area contributed by atoms with Gasteiger partial charge in [-0.25, -0.2) is 5.01 Å². The molecule has 0 fully saturated rings. The SMILES string of the molecule is Cc1ccc(C2CC(c3cccs3)=NN2C(=O)CSc2ccc3nnc(-c4ccccn4)n3n2)cc1. The molecule has 6 rings (SSSR count). The number of amides is 1. The number of rotatable bonds is 6. The summed E-state index contributed by atoms with van der Waals surface area (Å²) in [5.41, 5.74) is 4.51. The Bertz CT molecular complexity index is 1550. The van der Waals surface area contributed by atoms with E-state index >= 15 is 0 Å². The Kier molecular flexibility index (Phi) is 6.04. The molecule has 5 aromatic rings. The molecule has 0 spiro atoms. The third kappa shape index (κ3) is 4.40. The van der Waals surface area contributed by atoms with E-state index in [1.54, 1.807) is 27.1 Å². The highest BCUT2D eigenvalue weighted by Crippen LogP contribution is 2.34. The Hall–Kier alpha value is -3.89. The largest absolute Gasteiger partial charge is 0.272 e. The first kappa shape index (κ1) is 22.6. The second-order valence-electron chi connectivity index (χ2n) is 8.36. The van der Waals surface area contributed by atoms with Gasteiger partial charge in [-0.2, -0.15) is 14.7 Å². The fraction of sp³-hybridized carbons (Fsp3) is 0.154. The first-order valence-corrected chi connectivity index (χ1v) is 13.3. The van der Waals surface area contributed by atoms with E-state index in [9.17, 15) is 4.79 Å². The zero-order valence-corrected chi connectivity index (χ0v) is 21.0. The van der Waals surface area contributed by atoms with Crippen molar-refractivity contribution in [1.82, 2.24) is 29.8 Å². The quantitative estimate of drug-likeness (QED) is 0.297. The first-order chi connectivity index (χ1) is 17.7. The molecular weight excluding hydrogens is 490 g/mol. The molecule has 0 N–H and O–H groups in total. The van der Waals surface area contributed by atoms with E-state index in [1.807, 2.05) is 41.8 Å². The van der Waals surface area contributed by atoms with E-state index in [2.05, 4.69) is 57.5 Å². The molecule has 0 bridgehead atoms. The molecule has 0 aliphatic carbocycles. The fourth-order valence-corrected chi connectivity index (χ4v) is 5.51. The van der Waals surface area contributed by atoms with E-state index in [4.69, 9.17) is 5.10 Å². The number of fused-ring (bicyclic) bond motifs is 1. The molecular formula is C26H21N7OS2. The smallest absolute Gasteiger partial charge is 0.253 e. The predicted octanol–water partition coefficient (Wildman–Crippen LogP) is 5.03. The van der Waals surface area contributed by atoms with Crippen molar-refractivity contribution in [3.05, 3.63) is 94.3 Å². The zero-order valence-electron chi connectivity index (χ0n) is 19.4. The molecule has 1 aromatic carbocycles. The molecule has 5 heterocycles. The molecule has 4 aromatic heterocycles. The number of hydrogen-bond donors (Lipinski definition) is 0. The van der Waals surface area contributed by atoms with E-state index in [0.717, 1.165) is 16.2 Å². The number of nitrogens with zero attached hydrogens (tertiary/aromatic N) is 7. The van der Waals surface area contributed by atoms with Crippen LogP contribution < -0.4 is 0 Å². The van der Waals surface area contributed by atoms with Gasteiger partial charge in [-0.3, -0.25) is 9.78 Å². The lowest BCUT2D eigenvalue weighted by Gasteiger charge is -2.22. The third-order valence-electron chi connectivity index (χ3n) is 5.91. The normalized spacial score (nSPS) is 15.4. The molecule has 8 nitrogen and oxygen atoms in total. The lowest BCUT2D eigenvalue weighted by Crippen LogP contribution is -2.28. The van der Waals surface area contributed by atoms with Gasteiger partial charge in [-0.1, -0.05) is 53.7 Å². The minimum absolute atomic E-state index is 0.0623. The van der Waals surface area contributed by atoms with Gasteiger partial charge in [0, 0.05) is 12.6 Å². The molecule has 178 valence electrons. The number of hydrazone groups is 1. The molecule has 1 aliphatic heterocycles. The van der Waals surface area contributed by atoms with Crippen LogP contribution >= 0.6 is 23.1 Å². The standard InChI is InChI=1S/C26H21N7OS2/c1-17-7-9-18(10-8-17)21-15-20(22-6-4-14-35-22)30-32(21)25(34)16-36-24-12-11-23-28-29-26(33(23)31-24)19-5-2-3-13-27-19/h2-14,21H,15-16H2,1H3. The Morgan fingerprint density at radius 2 is 1.94 bits per heavy atom. The number of aryl methyl sites for hydroxylation is 1. The lowest BCUT2D eigenvalue weighted by atomic mass is 10.00. The van der Waals surface area contributed by atoms with Crippen molar-refractivity contribution >= 4 is 40.4 Å². The average molecular weight is 512 g/mol. The van der Waals surface area contributed by atoms with Crippen molar-refractivity contribution in [1.29, 1.82) is 0 Å². The average Bonchev–Trinajstić information content (AvgIpc) is 3.68. The highest BCUT2D eigenvalue weighted by Gasteiger charge is 2.33. The minimum atomic E-state index is -0.125. The third-order valence-corrected chi connectivity index (χ3v) is 7.73. The number of thiophene rings is 1. The Balaban J connectivity index is 1.24. The number of benzene rings is 1. The molecule has 1 atom stereocenters. The summed E-state index contributed by atoms with van der Waals surface area (Å²) >= 11 is 3.01. The summed E-state index contributed by atoms with van der Waals surface area (Å²) < 4.78 is 1.66. The number of carbonyl (C=O) groups excluding carboxylic acids is 1. The minimum Gasteiger partial charge on any atom is -0.272 e. The van der Waals surface area contributed by atoms with Crippen molar-refractivity contribution in [3.8, 4) is 11.5 Å². The maximum Gasteiger partial charge on any atom is 0.253 e. The van der Waals surface area contributed by atoms with Crippen LogP contribution in [0.2, 0.25) is 0 Å². The van der Waals surface area contributed by atoms with E-state index in [0.29, 0.717) is 28.6 Å².